The first-order valence-corrected chi connectivity index (χ1v) is 5.88. The summed E-state index contributed by atoms with van der Waals surface area (Å²) in [7, 11) is 1.39. The van der Waals surface area contributed by atoms with Gasteiger partial charge in [0.1, 0.15) is 5.60 Å². The number of rotatable bonds is 3. The minimum atomic E-state index is -0.495. The highest BCUT2D eigenvalue weighted by molar-refractivity contribution is 5.74. The van der Waals surface area contributed by atoms with E-state index in [1.807, 2.05) is 20.8 Å². The van der Waals surface area contributed by atoms with Crippen molar-refractivity contribution < 1.29 is 19.1 Å². The van der Waals surface area contributed by atoms with Gasteiger partial charge >= 0.3 is 12.1 Å². The lowest BCUT2D eigenvalue weighted by molar-refractivity contribution is -0.151. The van der Waals surface area contributed by atoms with Crippen molar-refractivity contribution in [1.82, 2.24) is 5.32 Å². The van der Waals surface area contributed by atoms with Crippen LogP contribution in [0.1, 0.15) is 33.6 Å². The molecule has 1 aliphatic carbocycles. The Labute approximate surface area is 102 Å². The van der Waals surface area contributed by atoms with E-state index < -0.39 is 11.7 Å². The standard InChI is InChI=1S/C12H21NO4/c1-12(2,3)17-11(15)13-7-8-5-6-9(8)10(14)16-4/h8-9H,5-7H2,1-4H3,(H,13,15). The van der Waals surface area contributed by atoms with Gasteiger partial charge in [0.25, 0.3) is 0 Å². The van der Waals surface area contributed by atoms with Crippen molar-refractivity contribution in [3.05, 3.63) is 0 Å². The molecule has 1 saturated carbocycles. The topological polar surface area (TPSA) is 64.6 Å². The zero-order chi connectivity index (χ0) is 13.1. The average molecular weight is 243 g/mol. The Morgan fingerprint density at radius 1 is 1.29 bits per heavy atom. The molecule has 0 bridgehead atoms. The Hall–Kier alpha value is -1.26. The molecule has 5 nitrogen and oxygen atoms in total. The number of methoxy groups -OCH3 is 1. The largest absolute Gasteiger partial charge is 0.469 e. The third-order valence-electron chi connectivity index (χ3n) is 2.83. The molecule has 5 heteroatoms. The van der Waals surface area contributed by atoms with Gasteiger partial charge in [0.15, 0.2) is 0 Å². The molecule has 0 heterocycles. The fourth-order valence-electron chi connectivity index (χ4n) is 1.80. The molecule has 1 rings (SSSR count). The van der Waals surface area contributed by atoms with Gasteiger partial charge in [0.2, 0.25) is 0 Å². The second kappa shape index (κ2) is 5.38. The summed E-state index contributed by atoms with van der Waals surface area (Å²) in [6, 6.07) is 0. The van der Waals surface area contributed by atoms with Crippen molar-refractivity contribution in [1.29, 1.82) is 0 Å². The lowest BCUT2D eigenvalue weighted by Crippen LogP contribution is -2.43. The molecule has 98 valence electrons. The number of hydrogen-bond donors (Lipinski definition) is 1. The van der Waals surface area contributed by atoms with Gasteiger partial charge in [-0.25, -0.2) is 4.79 Å². The van der Waals surface area contributed by atoms with E-state index in [0.717, 1.165) is 12.8 Å². The van der Waals surface area contributed by atoms with Gasteiger partial charge in [-0.1, -0.05) is 0 Å². The van der Waals surface area contributed by atoms with E-state index in [4.69, 9.17) is 4.74 Å². The molecule has 0 aromatic rings. The van der Waals surface area contributed by atoms with E-state index in [9.17, 15) is 9.59 Å². The van der Waals surface area contributed by atoms with Crippen molar-refractivity contribution >= 4 is 12.1 Å². The van der Waals surface area contributed by atoms with Crippen molar-refractivity contribution in [3.63, 3.8) is 0 Å². The number of carbonyl (C=O) groups excluding carboxylic acids is 2. The predicted molar refractivity (Wildman–Crippen MR) is 62.5 cm³/mol. The summed E-state index contributed by atoms with van der Waals surface area (Å²) in [5.41, 5.74) is -0.495. The molecule has 0 aliphatic heterocycles. The second-order valence-corrected chi connectivity index (χ2v) is 5.35. The Morgan fingerprint density at radius 3 is 2.35 bits per heavy atom. The number of ether oxygens (including phenoxy) is 2. The van der Waals surface area contributed by atoms with Gasteiger partial charge in [-0.2, -0.15) is 0 Å². The van der Waals surface area contributed by atoms with Crippen LogP contribution >= 0.6 is 0 Å². The minimum Gasteiger partial charge on any atom is -0.469 e. The normalized spacial score (nSPS) is 23.5. The monoisotopic (exact) mass is 243 g/mol. The number of esters is 1. The quantitative estimate of drug-likeness (QED) is 0.766. The van der Waals surface area contributed by atoms with Crippen molar-refractivity contribution in [2.24, 2.45) is 11.8 Å². The van der Waals surface area contributed by atoms with Gasteiger partial charge in [0.05, 0.1) is 13.0 Å². The Kier molecular flexibility index (Phi) is 4.37. The molecule has 1 amide bonds. The van der Waals surface area contributed by atoms with E-state index in [0.29, 0.717) is 6.54 Å². The van der Waals surface area contributed by atoms with Gasteiger partial charge < -0.3 is 14.8 Å². The van der Waals surface area contributed by atoms with Crippen molar-refractivity contribution in [2.45, 2.75) is 39.2 Å². The van der Waals surface area contributed by atoms with E-state index in [2.05, 4.69) is 10.1 Å². The highest BCUT2D eigenvalue weighted by Gasteiger charge is 2.37. The smallest absolute Gasteiger partial charge is 0.407 e. The maximum absolute atomic E-state index is 11.4. The molecule has 1 aliphatic rings. The summed E-state index contributed by atoms with van der Waals surface area (Å²) >= 11 is 0. The summed E-state index contributed by atoms with van der Waals surface area (Å²) in [6.07, 6.45) is 1.34. The SMILES string of the molecule is COC(=O)C1CCC1CNC(=O)OC(C)(C)C. The molecule has 2 unspecified atom stereocenters. The molecule has 0 aromatic carbocycles. The van der Waals surface area contributed by atoms with E-state index in [1.54, 1.807) is 0 Å². The van der Waals surface area contributed by atoms with Crippen LogP contribution in [0, 0.1) is 11.8 Å². The molecule has 2 atom stereocenters. The Balaban J connectivity index is 2.27. The van der Waals surface area contributed by atoms with Gasteiger partial charge in [-0.3, -0.25) is 4.79 Å². The fraction of sp³-hybridized carbons (Fsp3) is 0.833. The summed E-state index contributed by atoms with van der Waals surface area (Å²) < 4.78 is 9.80. The Morgan fingerprint density at radius 2 is 1.94 bits per heavy atom. The third kappa shape index (κ3) is 4.24. The first-order valence-electron chi connectivity index (χ1n) is 5.88. The lowest BCUT2D eigenvalue weighted by Gasteiger charge is -2.34. The molecule has 0 spiro atoms. The summed E-state index contributed by atoms with van der Waals surface area (Å²) in [5.74, 6) is -0.0860. The van der Waals surface area contributed by atoms with Crippen LogP contribution in [0.3, 0.4) is 0 Å². The molecular formula is C12H21NO4. The highest BCUT2D eigenvalue weighted by Crippen LogP contribution is 2.34. The molecular weight excluding hydrogens is 222 g/mol. The third-order valence-corrected chi connectivity index (χ3v) is 2.83. The van der Waals surface area contributed by atoms with E-state index >= 15 is 0 Å². The molecule has 17 heavy (non-hydrogen) atoms. The number of carbonyl (C=O) groups is 2. The van der Waals surface area contributed by atoms with Crippen LogP contribution in [0.25, 0.3) is 0 Å². The highest BCUT2D eigenvalue weighted by atomic mass is 16.6. The second-order valence-electron chi connectivity index (χ2n) is 5.35. The first-order chi connectivity index (χ1) is 7.83. The van der Waals surface area contributed by atoms with Gasteiger partial charge in [-0.15, -0.1) is 0 Å². The molecule has 0 radical (unpaired) electrons. The predicted octanol–water partition coefficient (Wildman–Crippen LogP) is 1.71. The van der Waals surface area contributed by atoms with Crippen LogP contribution < -0.4 is 5.32 Å². The van der Waals surface area contributed by atoms with Gasteiger partial charge in [0, 0.05) is 6.54 Å². The van der Waals surface area contributed by atoms with Crippen molar-refractivity contribution in [2.75, 3.05) is 13.7 Å². The maximum atomic E-state index is 11.4. The van der Waals surface area contributed by atoms with Crippen molar-refractivity contribution in [3.8, 4) is 0 Å². The zero-order valence-corrected chi connectivity index (χ0v) is 10.9. The number of amides is 1. The Bertz CT molecular complexity index is 295. The minimum absolute atomic E-state index is 0.0741. The fourth-order valence-corrected chi connectivity index (χ4v) is 1.80. The average Bonchev–Trinajstić information content (AvgIpc) is 2.13. The lowest BCUT2D eigenvalue weighted by atomic mass is 9.73. The van der Waals surface area contributed by atoms with Gasteiger partial charge in [-0.05, 0) is 39.5 Å². The number of hydrogen-bond acceptors (Lipinski definition) is 4. The summed E-state index contributed by atoms with van der Waals surface area (Å²) in [6.45, 7) is 5.90. The van der Waals surface area contributed by atoms with Crippen LogP contribution in [-0.4, -0.2) is 31.3 Å². The van der Waals surface area contributed by atoms with Crippen LogP contribution in [-0.2, 0) is 14.3 Å². The maximum Gasteiger partial charge on any atom is 0.407 e. The molecule has 1 N–H and O–H groups in total. The van der Waals surface area contributed by atoms with Crippen LogP contribution in [0.5, 0.6) is 0 Å². The summed E-state index contributed by atoms with van der Waals surface area (Å²) in [4.78, 5) is 22.7. The molecule has 1 fully saturated rings. The van der Waals surface area contributed by atoms with E-state index in [1.165, 1.54) is 7.11 Å². The zero-order valence-electron chi connectivity index (χ0n) is 10.9. The first kappa shape index (κ1) is 13.8. The molecule has 0 saturated heterocycles. The van der Waals surface area contributed by atoms with E-state index in [-0.39, 0.29) is 17.8 Å². The number of nitrogens with one attached hydrogen (secondary N) is 1. The molecule has 0 aromatic heterocycles. The van der Waals surface area contributed by atoms with Crippen LogP contribution in [0.2, 0.25) is 0 Å². The summed E-state index contributed by atoms with van der Waals surface area (Å²) in [5, 5.41) is 2.68. The van der Waals surface area contributed by atoms with Crippen LogP contribution in [0.15, 0.2) is 0 Å². The number of alkyl carbamates (subject to hydrolysis) is 1. The van der Waals surface area contributed by atoms with Crippen LogP contribution in [0.4, 0.5) is 4.79 Å².